The van der Waals surface area contributed by atoms with E-state index in [0.29, 0.717) is 12.8 Å². The Hall–Kier alpha value is -2.28. The third kappa shape index (κ3) is 5.22. The van der Waals surface area contributed by atoms with E-state index in [-0.39, 0.29) is 48.7 Å². The molecule has 12 heteroatoms. The van der Waals surface area contributed by atoms with Gasteiger partial charge in [0.2, 0.25) is 0 Å². The normalized spacial score (nSPS) is 43.9. The minimum Gasteiger partial charge on any atom is -0.462 e. The summed E-state index contributed by atoms with van der Waals surface area (Å²) < 4.78 is 48.5. The van der Waals surface area contributed by atoms with Crippen LogP contribution in [0.2, 0.25) is 0 Å². The lowest BCUT2D eigenvalue weighted by Gasteiger charge is -2.56. The zero-order valence-electron chi connectivity index (χ0n) is 26.1. The molecule has 0 heterocycles. The van der Waals surface area contributed by atoms with Gasteiger partial charge in [-0.25, -0.2) is 0 Å². The van der Waals surface area contributed by atoms with E-state index in [1.54, 1.807) is 21.3 Å². The first kappa shape index (κ1) is 32.6. The molecular weight excluding hydrogens is 552 g/mol. The van der Waals surface area contributed by atoms with Gasteiger partial charge in [-0.3, -0.25) is 19.2 Å². The van der Waals surface area contributed by atoms with Crippen LogP contribution in [0.15, 0.2) is 0 Å². The van der Waals surface area contributed by atoms with E-state index in [4.69, 9.17) is 37.9 Å². The van der Waals surface area contributed by atoms with Crippen LogP contribution in [0.1, 0.15) is 53.9 Å². The maximum atomic E-state index is 12.9. The highest BCUT2D eigenvalue weighted by Crippen LogP contribution is 2.68. The van der Waals surface area contributed by atoms with Crippen LogP contribution in [0.25, 0.3) is 0 Å². The molecule has 0 aromatic carbocycles. The fraction of sp³-hybridized carbons (Fsp3) is 0.867. The van der Waals surface area contributed by atoms with Crippen LogP contribution in [0, 0.1) is 35.5 Å². The van der Waals surface area contributed by atoms with E-state index in [9.17, 15) is 19.2 Å². The molecule has 0 amide bonds. The summed E-state index contributed by atoms with van der Waals surface area (Å²) in [6.45, 7) is 7.59. The standard InChI is InChI=1S/C30H46O12/c1-14-26-19-11-29(14,41-17(4)33)27(38-9)28(40-16(3)32)30(26,42-18(5)34)12-23(37-8)25-20(13-35-6)21(39-15(2)31)10-22(36-7)24(19)25/h14,19-28H,10-13H2,1-9H3/t14?,19-,20-,21+,22-,23-,24?,25-,26-,27-,28-,29+,30-/m0/s1. The van der Waals surface area contributed by atoms with E-state index >= 15 is 0 Å². The van der Waals surface area contributed by atoms with Gasteiger partial charge in [0.05, 0.1) is 18.8 Å². The fourth-order valence-corrected chi connectivity index (χ4v) is 9.54. The summed E-state index contributed by atoms with van der Waals surface area (Å²) in [7, 11) is 6.29. The lowest BCUT2D eigenvalue weighted by molar-refractivity contribution is -0.277. The van der Waals surface area contributed by atoms with Crippen molar-refractivity contribution in [2.45, 2.75) is 95.6 Å². The molecule has 42 heavy (non-hydrogen) atoms. The Balaban J connectivity index is 2.02. The minimum absolute atomic E-state index is 0.160. The number of methoxy groups -OCH3 is 4. The van der Waals surface area contributed by atoms with Gasteiger partial charge in [-0.2, -0.15) is 0 Å². The van der Waals surface area contributed by atoms with Crippen LogP contribution in [-0.2, 0) is 57.1 Å². The molecule has 13 atom stereocenters. The highest BCUT2D eigenvalue weighted by Gasteiger charge is 2.78. The Labute approximate surface area is 247 Å². The summed E-state index contributed by atoms with van der Waals surface area (Å²) >= 11 is 0. The van der Waals surface area contributed by atoms with Gasteiger partial charge in [0.15, 0.2) is 11.7 Å². The van der Waals surface area contributed by atoms with Crippen molar-refractivity contribution in [1.29, 1.82) is 0 Å². The third-order valence-corrected chi connectivity index (χ3v) is 10.4. The molecule has 0 aromatic rings. The Bertz CT molecular complexity index is 1050. The predicted octanol–water partition coefficient (Wildman–Crippen LogP) is 2.09. The zero-order chi connectivity index (χ0) is 31.1. The highest BCUT2D eigenvalue weighted by atomic mass is 16.6. The lowest BCUT2D eigenvalue weighted by atomic mass is 9.61. The van der Waals surface area contributed by atoms with Gasteiger partial charge < -0.3 is 37.9 Å². The Morgan fingerprint density at radius 3 is 1.76 bits per heavy atom. The average molecular weight is 599 g/mol. The largest absolute Gasteiger partial charge is 0.462 e. The van der Waals surface area contributed by atoms with Crippen LogP contribution in [-0.4, -0.2) is 101 Å². The van der Waals surface area contributed by atoms with Crippen molar-refractivity contribution < 1.29 is 57.1 Å². The van der Waals surface area contributed by atoms with E-state index in [2.05, 4.69) is 0 Å². The molecule has 4 saturated carbocycles. The summed E-state index contributed by atoms with van der Waals surface area (Å²) in [6, 6.07) is 0. The average Bonchev–Trinajstić information content (AvgIpc) is 3.05. The number of carbonyl (C=O) groups excluding carboxylic acids is 4. The molecule has 0 saturated heterocycles. The Morgan fingerprint density at radius 1 is 0.667 bits per heavy atom. The molecule has 4 rings (SSSR count). The van der Waals surface area contributed by atoms with E-state index in [1.807, 2.05) is 6.92 Å². The van der Waals surface area contributed by atoms with Crippen LogP contribution in [0.3, 0.4) is 0 Å². The van der Waals surface area contributed by atoms with Gasteiger partial charge in [-0.1, -0.05) is 6.92 Å². The number of hydrogen-bond donors (Lipinski definition) is 0. The molecular formula is C30H46O12. The van der Waals surface area contributed by atoms with Crippen molar-refractivity contribution in [1.82, 2.24) is 0 Å². The molecule has 4 fully saturated rings. The Kier molecular flexibility index (Phi) is 9.61. The van der Waals surface area contributed by atoms with Crippen molar-refractivity contribution in [2.24, 2.45) is 35.5 Å². The first-order valence-electron chi connectivity index (χ1n) is 14.6. The molecule has 2 unspecified atom stereocenters. The van der Waals surface area contributed by atoms with Gasteiger partial charge in [0.25, 0.3) is 0 Å². The molecule has 0 radical (unpaired) electrons. The topological polar surface area (TPSA) is 142 Å². The first-order valence-corrected chi connectivity index (χ1v) is 14.6. The smallest absolute Gasteiger partial charge is 0.303 e. The number of esters is 4. The molecule has 4 aliphatic carbocycles. The summed E-state index contributed by atoms with van der Waals surface area (Å²) in [6.07, 6.45) is -2.53. The summed E-state index contributed by atoms with van der Waals surface area (Å²) in [5, 5.41) is 0. The number of fused-ring (bicyclic) bond motifs is 3. The second kappa shape index (κ2) is 12.4. The Morgan fingerprint density at radius 2 is 1.26 bits per heavy atom. The first-order chi connectivity index (χ1) is 19.8. The molecule has 2 bridgehead atoms. The molecule has 238 valence electrons. The zero-order valence-corrected chi connectivity index (χ0v) is 26.1. The SMILES string of the molecule is COC[C@@H]1[C@@H]2C([C@@H](OC)C[C@H]1OC(C)=O)[C@@H]1C[C@@]3(OC(C)=O)C(C)[C@@H]1[C@@](OC(C)=O)(C[C@@H]2OC)[C@@H](OC(C)=O)[C@@H]3OC. The maximum Gasteiger partial charge on any atom is 0.303 e. The van der Waals surface area contributed by atoms with Crippen LogP contribution in [0.4, 0.5) is 0 Å². The second-order valence-electron chi connectivity index (χ2n) is 12.4. The molecule has 4 aliphatic rings. The van der Waals surface area contributed by atoms with Crippen LogP contribution >= 0.6 is 0 Å². The van der Waals surface area contributed by atoms with Gasteiger partial charge in [0, 0.05) is 86.7 Å². The monoisotopic (exact) mass is 598 g/mol. The van der Waals surface area contributed by atoms with Crippen molar-refractivity contribution in [2.75, 3.05) is 35.0 Å². The fourth-order valence-electron chi connectivity index (χ4n) is 9.54. The molecule has 0 aromatic heterocycles. The number of carbonyl (C=O) groups is 4. The lowest BCUT2D eigenvalue weighted by Crippen LogP contribution is -2.71. The van der Waals surface area contributed by atoms with Crippen LogP contribution < -0.4 is 0 Å². The predicted molar refractivity (Wildman–Crippen MR) is 145 cm³/mol. The summed E-state index contributed by atoms with van der Waals surface area (Å²) in [5.74, 6) is -3.83. The molecule has 0 spiro atoms. The van der Waals surface area contributed by atoms with Crippen molar-refractivity contribution in [3.8, 4) is 0 Å². The molecule has 0 aliphatic heterocycles. The van der Waals surface area contributed by atoms with Crippen molar-refractivity contribution in [3.05, 3.63) is 0 Å². The number of rotatable bonds is 9. The van der Waals surface area contributed by atoms with Gasteiger partial charge in [-0.05, 0) is 24.2 Å². The highest BCUT2D eigenvalue weighted by molar-refractivity contribution is 5.69. The minimum atomic E-state index is -1.38. The molecule has 0 N–H and O–H groups in total. The van der Waals surface area contributed by atoms with Crippen molar-refractivity contribution in [3.63, 3.8) is 0 Å². The van der Waals surface area contributed by atoms with Crippen molar-refractivity contribution >= 4 is 23.9 Å². The maximum absolute atomic E-state index is 12.9. The molecule has 12 nitrogen and oxygen atoms in total. The number of ether oxygens (including phenoxy) is 8. The van der Waals surface area contributed by atoms with E-state index in [1.165, 1.54) is 34.8 Å². The second-order valence-corrected chi connectivity index (χ2v) is 12.4. The number of hydrogen-bond acceptors (Lipinski definition) is 12. The van der Waals surface area contributed by atoms with E-state index < -0.39 is 65.4 Å². The van der Waals surface area contributed by atoms with Gasteiger partial charge in [-0.15, -0.1) is 0 Å². The third-order valence-electron chi connectivity index (χ3n) is 10.4. The van der Waals surface area contributed by atoms with Gasteiger partial charge in [0.1, 0.15) is 17.8 Å². The van der Waals surface area contributed by atoms with Gasteiger partial charge >= 0.3 is 23.9 Å². The van der Waals surface area contributed by atoms with Crippen LogP contribution in [0.5, 0.6) is 0 Å². The summed E-state index contributed by atoms with van der Waals surface area (Å²) in [5.41, 5.74) is -2.56. The summed E-state index contributed by atoms with van der Waals surface area (Å²) in [4.78, 5) is 50.4. The van der Waals surface area contributed by atoms with E-state index in [0.717, 1.165) is 0 Å². The quantitative estimate of drug-likeness (QED) is 0.283.